The van der Waals surface area contributed by atoms with E-state index in [0.29, 0.717) is 23.4 Å². The van der Waals surface area contributed by atoms with Gasteiger partial charge in [0.05, 0.1) is 23.1 Å². The van der Waals surface area contributed by atoms with Crippen LogP contribution in [0.1, 0.15) is 18.4 Å². The number of hydrogen-bond donors (Lipinski definition) is 1. The van der Waals surface area contributed by atoms with Gasteiger partial charge in [0.25, 0.3) is 5.56 Å². The number of aromatic amines is 1. The SMILES string of the molecule is COC(=O)C1(c2c(Cl)cc[nH]c2=O)CC1. The van der Waals surface area contributed by atoms with Crippen molar-refractivity contribution in [3.63, 3.8) is 0 Å². The molecule has 1 heterocycles. The number of hydrogen-bond acceptors (Lipinski definition) is 3. The molecule has 0 spiro atoms. The van der Waals surface area contributed by atoms with Gasteiger partial charge in [-0.05, 0) is 18.9 Å². The molecular formula is C10H10ClNO3. The maximum Gasteiger partial charge on any atom is 0.316 e. The first kappa shape index (κ1) is 10.2. The van der Waals surface area contributed by atoms with Crippen molar-refractivity contribution in [1.82, 2.24) is 4.98 Å². The number of H-pyrrole nitrogens is 1. The minimum Gasteiger partial charge on any atom is -0.468 e. The first-order valence-electron chi connectivity index (χ1n) is 4.58. The summed E-state index contributed by atoms with van der Waals surface area (Å²) in [5.41, 5.74) is -0.787. The van der Waals surface area contributed by atoms with E-state index in [9.17, 15) is 9.59 Å². The third-order valence-electron chi connectivity index (χ3n) is 2.71. The molecule has 2 rings (SSSR count). The van der Waals surface area contributed by atoms with Crippen LogP contribution in [0.2, 0.25) is 5.02 Å². The molecule has 0 aliphatic heterocycles. The predicted octanol–water partition coefficient (Wildman–Crippen LogP) is 1.23. The van der Waals surface area contributed by atoms with Gasteiger partial charge in [0.1, 0.15) is 0 Å². The topological polar surface area (TPSA) is 59.2 Å². The second-order valence-corrected chi connectivity index (χ2v) is 4.01. The summed E-state index contributed by atoms with van der Waals surface area (Å²) in [6, 6.07) is 1.57. The van der Waals surface area contributed by atoms with Crippen LogP contribution in [0.3, 0.4) is 0 Å². The highest BCUT2D eigenvalue weighted by atomic mass is 35.5. The van der Waals surface area contributed by atoms with Crippen molar-refractivity contribution in [2.24, 2.45) is 0 Å². The van der Waals surface area contributed by atoms with E-state index in [4.69, 9.17) is 16.3 Å². The molecule has 15 heavy (non-hydrogen) atoms. The minimum absolute atomic E-state index is 0.314. The molecule has 1 aromatic heterocycles. The van der Waals surface area contributed by atoms with Crippen LogP contribution in [0.4, 0.5) is 0 Å². The van der Waals surface area contributed by atoms with Crippen LogP contribution in [0.5, 0.6) is 0 Å². The Morgan fingerprint density at radius 1 is 1.60 bits per heavy atom. The van der Waals surface area contributed by atoms with E-state index in [1.54, 1.807) is 6.07 Å². The summed E-state index contributed by atoms with van der Waals surface area (Å²) in [4.78, 5) is 25.7. The van der Waals surface area contributed by atoms with Crippen molar-refractivity contribution in [2.45, 2.75) is 18.3 Å². The Morgan fingerprint density at radius 3 is 2.73 bits per heavy atom. The molecular weight excluding hydrogens is 218 g/mol. The van der Waals surface area contributed by atoms with E-state index in [1.807, 2.05) is 0 Å². The van der Waals surface area contributed by atoms with Crippen LogP contribution in [-0.4, -0.2) is 18.1 Å². The highest BCUT2D eigenvalue weighted by molar-refractivity contribution is 6.31. The Kier molecular flexibility index (Phi) is 2.31. The Balaban J connectivity index is 2.55. The van der Waals surface area contributed by atoms with Crippen molar-refractivity contribution < 1.29 is 9.53 Å². The molecule has 1 aliphatic carbocycles. The monoisotopic (exact) mass is 227 g/mol. The predicted molar refractivity (Wildman–Crippen MR) is 55.0 cm³/mol. The van der Waals surface area contributed by atoms with Crippen LogP contribution < -0.4 is 5.56 Å². The van der Waals surface area contributed by atoms with Gasteiger partial charge < -0.3 is 9.72 Å². The van der Waals surface area contributed by atoms with E-state index in [0.717, 1.165) is 0 Å². The minimum atomic E-state index is -0.805. The number of nitrogens with one attached hydrogen (secondary N) is 1. The van der Waals surface area contributed by atoms with E-state index < -0.39 is 5.41 Å². The molecule has 0 aromatic carbocycles. The molecule has 0 amide bonds. The largest absolute Gasteiger partial charge is 0.468 e. The van der Waals surface area contributed by atoms with E-state index in [1.165, 1.54) is 13.3 Å². The van der Waals surface area contributed by atoms with Crippen molar-refractivity contribution in [1.29, 1.82) is 0 Å². The molecule has 80 valence electrons. The molecule has 1 N–H and O–H groups in total. The highest BCUT2D eigenvalue weighted by Gasteiger charge is 2.55. The summed E-state index contributed by atoms with van der Waals surface area (Å²) in [5.74, 6) is -0.388. The molecule has 1 aromatic rings. The number of carbonyl (C=O) groups excluding carboxylic acids is 1. The average molecular weight is 228 g/mol. The molecule has 0 unspecified atom stereocenters. The number of halogens is 1. The van der Waals surface area contributed by atoms with Crippen LogP contribution in [0.25, 0.3) is 0 Å². The lowest BCUT2D eigenvalue weighted by atomic mass is 9.98. The summed E-state index contributed by atoms with van der Waals surface area (Å²) >= 11 is 5.93. The van der Waals surface area contributed by atoms with Gasteiger partial charge in [0.2, 0.25) is 0 Å². The molecule has 0 bridgehead atoms. The Labute approximate surface area is 91.2 Å². The average Bonchev–Trinajstić information content (AvgIpc) is 2.98. The fourth-order valence-electron chi connectivity index (χ4n) is 1.78. The summed E-state index contributed by atoms with van der Waals surface area (Å²) in [6.45, 7) is 0. The standard InChI is InChI=1S/C10H10ClNO3/c1-15-9(14)10(3-4-10)7-6(11)2-5-12-8(7)13/h2,5H,3-4H2,1H3,(H,12,13). The van der Waals surface area contributed by atoms with E-state index in [-0.39, 0.29) is 11.5 Å². The number of methoxy groups -OCH3 is 1. The van der Waals surface area contributed by atoms with Gasteiger partial charge in [-0.25, -0.2) is 0 Å². The fraction of sp³-hybridized carbons (Fsp3) is 0.400. The summed E-state index contributed by atoms with van der Waals surface area (Å²) in [5, 5.41) is 0.321. The number of aromatic nitrogens is 1. The van der Waals surface area contributed by atoms with Crippen LogP contribution in [0, 0.1) is 0 Å². The molecule has 4 nitrogen and oxygen atoms in total. The van der Waals surface area contributed by atoms with Crippen molar-refractivity contribution >= 4 is 17.6 Å². The fourth-order valence-corrected chi connectivity index (χ4v) is 2.11. The highest BCUT2D eigenvalue weighted by Crippen LogP contribution is 2.49. The smallest absolute Gasteiger partial charge is 0.316 e. The molecule has 0 radical (unpaired) electrons. The first-order valence-corrected chi connectivity index (χ1v) is 4.96. The van der Waals surface area contributed by atoms with Gasteiger partial charge in [-0.2, -0.15) is 0 Å². The van der Waals surface area contributed by atoms with Gasteiger partial charge in [-0.3, -0.25) is 9.59 Å². The molecule has 1 aliphatic rings. The zero-order valence-corrected chi connectivity index (χ0v) is 8.93. The Bertz CT molecular complexity index is 462. The number of ether oxygens (including phenoxy) is 1. The number of pyridine rings is 1. The van der Waals surface area contributed by atoms with Gasteiger partial charge in [0.15, 0.2) is 0 Å². The van der Waals surface area contributed by atoms with Crippen LogP contribution >= 0.6 is 11.6 Å². The van der Waals surface area contributed by atoms with Gasteiger partial charge in [-0.15, -0.1) is 0 Å². The van der Waals surface area contributed by atoms with Gasteiger partial charge in [0, 0.05) is 6.20 Å². The molecule has 5 heteroatoms. The maximum absolute atomic E-state index is 11.6. The summed E-state index contributed by atoms with van der Waals surface area (Å²) in [7, 11) is 1.31. The van der Waals surface area contributed by atoms with Crippen molar-refractivity contribution in [3.8, 4) is 0 Å². The van der Waals surface area contributed by atoms with E-state index >= 15 is 0 Å². The Hall–Kier alpha value is -1.29. The van der Waals surface area contributed by atoms with Crippen molar-refractivity contribution in [3.05, 3.63) is 33.2 Å². The normalized spacial score (nSPS) is 17.2. The zero-order valence-electron chi connectivity index (χ0n) is 8.17. The third kappa shape index (κ3) is 1.45. The van der Waals surface area contributed by atoms with Crippen LogP contribution in [-0.2, 0) is 14.9 Å². The first-order chi connectivity index (χ1) is 7.12. The lowest BCUT2D eigenvalue weighted by Gasteiger charge is -2.12. The lowest BCUT2D eigenvalue weighted by molar-refractivity contribution is -0.143. The maximum atomic E-state index is 11.6. The molecule has 0 atom stereocenters. The van der Waals surface area contributed by atoms with Crippen molar-refractivity contribution in [2.75, 3.05) is 7.11 Å². The number of esters is 1. The second kappa shape index (κ2) is 3.38. The number of carbonyl (C=O) groups is 1. The molecule has 0 saturated heterocycles. The van der Waals surface area contributed by atoms with Crippen LogP contribution in [0.15, 0.2) is 17.1 Å². The van der Waals surface area contributed by atoms with E-state index in [2.05, 4.69) is 4.98 Å². The summed E-state index contributed by atoms with van der Waals surface area (Å²) in [6.07, 6.45) is 2.69. The summed E-state index contributed by atoms with van der Waals surface area (Å²) < 4.78 is 4.69. The zero-order chi connectivity index (χ0) is 11.1. The van der Waals surface area contributed by atoms with Gasteiger partial charge >= 0.3 is 5.97 Å². The molecule has 1 saturated carbocycles. The third-order valence-corrected chi connectivity index (χ3v) is 3.03. The lowest BCUT2D eigenvalue weighted by Crippen LogP contribution is -2.29. The Morgan fingerprint density at radius 2 is 2.27 bits per heavy atom. The second-order valence-electron chi connectivity index (χ2n) is 3.60. The number of rotatable bonds is 2. The quantitative estimate of drug-likeness (QED) is 0.774. The van der Waals surface area contributed by atoms with Gasteiger partial charge in [-0.1, -0.05) is 11.6 Å². The molecule has 1 fully saturated rings.